The second-order valence-corrected chi connectivity index (χ2v) is 15.9. The fourth-order valence-electron chi connectivity index (χ4n) is 9.54. The van der Waals surface area contributed by atoms with E-state index in [4.69, 9.17) is 0 Å². The minimum atomic E-state index is -0.132. The molecule has 2 aliphatic rings. The number of para-hydroxylation sites is 2. The fraction of sp³-hybridized carbons (Fsp3) is 0.160. The van der Waals surface area contributed by atoms with Crippen molar-refractivity contribution < 1.29 is 0 Å². The van der Waals surface area contributed by atoms with Crippen LogP contribution in [0.2, 0.25) is 0 Å². The topological polar surface area (TPSA) is 4.93 Å². The Kier molecular flexibility index (Phi) is 6.18. The fourth-order valence-corrected chi connectivity index (χ4v) is 9.54. The third-order valence-electron chi connectivity index (χ3n) is 12.3. The lowest BCUT2D eigenvalue weighted by Gasteiger charge is -2.23. The van der Waals surface area contributed by atoms with Crippen molar-refractivity contribution in [2.45, 2.75) is 52.4 Å². The molecule has 0 fully saturated rings. The van der Waals surface area contributed by atoms with Crippen LogP contribution in [-0.4, -0.2) is 4.57 Å². The molecule has 0 saturated heterocycles. The van der Waals surface area contributed by atoms with Crippen LogP contribution in [0, 0.1) is 13.8 Å². The molecule has 1 aromatic heterocycles. The van der Waals surface area contributed by atoms with Crippen LogP contribution in [0.3, 0.4) is 0 Å². The first-order valence-electron chi connectivity index (χ1n) is 18.3. The summed E-state index contributed by atoms with van der Waals surface area (Å²) in [5.41, 5.74) is 22.5. The molecule has 1 heteroatoms. The third kappa shape index (κ3) is 4.15. The highest BCUT2D eigenvalue weighted by molar-refractivity contribution is 6.09. The van der Waals surface area contributed by atoms with Gasteiger partial charge in [0.15, 0.2) is 0 Å². The molecule has 51 heavy (non-hydrogen) atoms. The Morgan fingerprint density at radius 2 is 0.804 bits per heavy atom. The van der Waals surface area contributed by atoms with E-state index in [0.717, 1.165) is 0 Å². The van der Waals surface area contributed by atoms with Gasteiger partial charge in [-0.25, -0.2) is 0 Å². The summed E-state index contributed by atoms with van der Waals surface area (Å²) in [6.45, 7) is 14.1. The second-order valence-electron chi connectivity index (χ2n) is 15.9. The maximum absolute atomic E-state index is 2.46. The summed E-state index contributed by atoms with van der Waals surface area (Å²) >= 11 is 0. The van der Waals surface area contributed by atoms with Gasteiger partial charge in [0.1, 0.15) is 0 Å². The summed E-state index contributed by atoms with van der Waals surface area (Å²) in [6.07, 6.45) is 0. The quantitative estimate of drug-likeness (QED) is 0.178. The van der Waals surface area contributed by atoms with Gasteiger partial charge in [-0.05, 0) is 128 Å². The van der Waals surface area contributed by atoms with Crippen molar-refractivity contribution in [3.8, 4) is 50.2 Å². The summed E-state index contributed by atoms with van der Waals surface area (Å²) in [7, 11) is 0. The Balaban J connectivity index is 1.03. The number of fused-ring (bicyclic) bond motifs is 9. The van der Waals surface area contributed by atoms with Crippen LogP contribution in [0.4, 0.5) is 0 Å². The molecular formula is C50H41N. The number of rotatable bonds is 3. The number of aromatic nitrogens is 1. The average Bonchev–Trinajstić information content (AvgIpc) is 3.69. The van der Waals surface area contributed by atoms with E-state index < -0.39 is 0 Å². The first-order valence-corrected chi connectivity index (χ1v) is 18.3. The molecule has 0 saturated carbocycles. The number of hydrogen-bond acceptors (Lipinski definition) is 0. The highest BCUT2D eigenvalue weighted by Gasteiger charge is 2.37. The van der Waals surface area contributed by atoms with Crippen LogP contribution < -0.4 is 0 Å². The summed E-state index contributed by atoms with van der Waals surface area (Å²) in [5.74, 6) is 0. The first kappa shape index (κ1) is 30.2. The molecule has 0 aliphatic heterocycles. The molecule has 0 spiro atoms. The van der Waals surface area contributed by atoms with Gasteiger partial charge in [-0.1, -0.05) is 131 Å². The molecule has 1 nitrogen and oxygen atoms in total. The minimum Gasteiger partial charge on any atom is -0.309 e. The lowest BCUT2D eigenvalue weighted by Crippen LogP contribution is -2.15. The summed E-state index contributed by atoms with van der Waals surface area (Å²) in [5, 5.41) is 2.59. The summed E-state index contributed by atoms with van der Waals surface area (Å²) < 4.78 is 2.43. The highest BCUT2D eigenvalue weighted by atomic mass is 15.0. The van der Waals surface area contributed by atoms with Crippen LogP contribution >= 0.6 is 0 Å². The maximum Gasteiger partial charge on any atom is 0.0541 e. The molecule has 7 aromatic carbocycles. The van der Waals surface area contributed by atoms with Gasteiger partial charge in [-0.15, -0.1) is 0 Å². The lowest BCUT2D eigenvalue weighted by atomic mass is 9.80. The molecule has 246 valence electrons. The Labute approximate surface area is 300 Å². The number of aryl methyl sites for hydroxylation is 2. The van der Waals surface area contributed by atoms with Crippen molar-refractivity contribution in [1.82, 2.24) is 4.57 Å². The van der Waals surface area contributed by atoms with Crippen LogP contribution in [0.15, 0.2) is 140 Å². The van der Waals surface area contributed by atoms with Crippen LogP contribution in [0.1, 0.15) is 61.1 Å². The summed E-state index contributed by atoms with van der Waals surface area (Å²) in [4.78, 5) is 0. The highest BCUT2D eigenvalue weighted by Crippen LogP contribution is 2.52. The largest absolute Gasteiger partial charge is 0.309 e. The Hall–Kier alpha value is -5.66. The zero-order valence-electron chi connectivity index (χ0n) is 30.2. The molecule has 8 aromatic rings. The van der Waals surface area contributed by atoms with Gasteiger partial charge in [0, 0.05) is 27.3 Å². The zero-order chi connectivity index (χ0) is 34.8. The Morgan fingerprint density at radius 1 is 0.373 bits per heavy atom. The summed E-state index contributed by atoms with van der Waals surface area (Å²) in [6, 6.07) is 52.6. The van der Waals surface area contributed by atoms with E-state index in [0.29, 0.717) is 0 Å². The minimum absolute atomic E-state index is 0.0101. The molecule has 0 amide bonds. The SMILES string of the molecule is Cc1cc(-c2ccc3c(c2)C(C)(C)c2cc(-n4c5ccccc5c5ccccc54)ccc2-3)c(C)cc1-c1ccc2c(c1)C(C)(C)c1ccccc1-2. The van der Waals surface area contributed by atoms with Crippen molar-refractivity contribution >= 4 is 21.8 Å². The van der Waals surface area contributed by atoms with Gasteiger partial charge < -0.3 is 4.57 Å². The lowest BCUT2D eigenvalue weighted by molar-refractivity contribution is 0.660. The maximum atomic E-state index is 2.46. The number of benzene rings is 7. The third-order valence-corrected chi connectivity index (χ3v) is 12.3. The molecule has 0 atom stereocenters. The van der Waals surface area contributed by atoms with E-state index in [2.05, 4.69) is 186 Å². The van der Waals surface area contributed by atoms with E-state index in [9.17, 15) is 0 Å². The van der Waals surface area contributed by atoms with E-state index in [-0.39, 0.29) is 10.8 Å². The van der Waals surface area contributed by atoms with Gasteiger partial charge in [-0.2, -0.15) is 0 Å². The van der Waals surface area contributed by atoms with Gasteiger partial charge in [0.25, 0.3) is 0 Å². The van der Waals surface area contributed by atoms with E-state index >= 15 is 0 Å². The smallest absolute Gasteiger partial charge is 0.0541 e. The van der Waals surface area contributed by atoms with Gasteiger partial charge in [-0.3, -0.25) is 0 Å². The van der Waals surface area contributed by atoms with Crippen molar-refractivity contribution in [2.24, 2.45) is 0 Å². The van der Waals surface area contributed by atoms with Gasteiger partial charge in [0.2, 0.25) is 0 Å². The van der Waals surface area contributed by atoms with Crippen LogP contribution in [0.5, 0.6) is 0 Å². The Morgan fingerprint density at radius 3 is 1.37 bits per heavy atom. The normalized spacial score (nSPS) is 14.8. The Bertz CT molecular complexity index is 2710. The molecular weight excluding hydrogens is 615 g/mol. The molecule has 1 heterocycles. The van der Waals surface area contributed by atoms with Gasteiger partial charge >= 0.3 is 0 Å². The number of nitrogens with zero attached hydrogens (tertiary/aromatic N) is 1. The molecule has 0 radical (unpaired) electrons. The van der Waals surface area contributed by atoms with Crippen LogP contribution in [0.25, 0.3) is 72.0 Å². The monoisotopic (exact) mass is 655 g/mol. The van der Waals surface area contributed by atoms with E-state index in [1.54, 1.807) is 0 Å². The molecule has 0 bridgehead atoms. The predicted octanol–water partition coefficient (Wildman–Crippen LogP) is 13.3. The van der Waals surface area contributed by atoms with Gasteiger partial charge in [0.05, 0.1) is 11.0 Å². The average molecular weight is 656 g/mol. The van der Waals surface area contributed by atoms with Crippen molar-refractivity contribution in [3.63, 3.8) is 0 Å². The molecule has 10 rings (SSSR count). The van der Waals surface area contributed by atoms with Crippen molar-refractivity contribution in [1.29, 1.82) is 0 Å². The van der Waals surface area contributed by atoms with Crippen LogP contribution in [-0.2, 0) is 10.8 Å². The standard InChI is InChI=1S/C50H41N/c1-30-26-42(31(2)25-41(30)32-19-22-36-35-13-7-10-16-43(35)49(3,4)44(36)27-32)33-20-23-37-38-24-21-34(29-46(38)50(5,6)45(37)28-33)51-47-17-11-8-14-39(47)40-15-9-12-18-48(40)51/h7-29H,1-6H3. The van der Waals surface area contributed by atoms with Crippen molar-refractivity contribution in [3.05, 3.63) is 173 Å². The zero-order valence-corrected chi connectivity index (χ0v) is 30.2. The molecule has 0 N–H and O–H groups in total. The predicted molar refractivity (Wildman–Crippen MR) is 216 cm³/mol. The molecule has 0 unspecified atom stereocenters. The second kappa shape index (κ2) is 10.4. The van der Waals surface area contributed by atoms with Crippen molar-refractivity contribution in [2.75, 3.05) is 0 Å². The number of hydrogen-bond donors (Lipinski definition) is 0. The molecule has 2 aliphatic carbocycles. The van der Waals surface area contributed by atoms with E-state index in [1.165, 1.54) is 105 Å². The van der Waals surface area contributed by atoms with E-state index in [1.807, 2.05) is 0 Å². The first-order chi connectivity index (χ1) is 24.6.